The maximum Gasteiger partial charge on any atom is 0.249 e. The summed E-state index contributed by atoms with van der Waals surface area (Å²) >= 11 is 0. The number of likely N-dealkylation sites (tertiary alicyclic amines) is 1. The van der Waals surface area contributed by atoms with Crippen molar-refractivity contribution in [1.82, 2.24) is 15.0 Å². The molecule has 3 rings (SSSR count). The average molecular weight is 315 g/mol. The number of rotatable bonds is 6. The highest BCUT2D eigenvalue weighted by molar-refractivity contribution is 5.73. The van der Waals surface area contributed by atoms with Gasteiger partial charge < -0.3 is 14.2 Å². The molecule has 0 N–H and O–H groups in total. The number of hydrogen-bond acceptors (Lipinski definition) is 5. The molecule has 2 aromatic rings. The number of carbonyl (C=O) groups is 1. The van der Waals surface area contributed by atoms with Gasteiger partial charge in [0.2, 0.25) is 11.8 Å². The first-order valence-electron chi connectivity index (χ1n) is 7.95. The third-order valence-electron chi connectivity index (χ3n) is 4.01. The molecule has 1 aliphatic rings. The number of aromatic nitrogens is 2. The molecule has 6 heteroatoms. The predicted octanol–water partition coefficient (Wildman–Crippen LogP) is 2.51. The fourth-order valence-corrected chi connectivity index (χ4v) is 2.83. The second-order valence-corrected chi connectivity index (χ2v) is 5.71. The van der Waals surface area contributed by atoms with Crippen LogP contribution in [0.4, 0.5) is 0 Å². The van der Waals surface area contributed by atoms with Crippen molar-refractivity contribution in [2.24, 2.45) is 0 Å². The van der Waals surface area contributed by atoms with Crippen LogP contribution in [0.15, 0.2) is 34.9 Å². The summed E-state index contributed by atoms with van der Waals surface area (Å²) in [6.45, 7) is 3.45. The molecule has 1 atom stereocenters. The molecule has 1 aliphatic heterocycles. The molecular weight excluding hydrogens is 294 g/mol. The van der Waals surface area contributed by atoms with E-state index in [2.05, 4.69) is 10.1 Å². The minimum absolute atomic E-state index is 0.0541. The highest BCUT2D eigenvalue weighted by Gasteiger charge is 2.32. The van der Waals surface area contributed by atoms with Crippen LogP contribution in [0.3, 0.4) is 0 Å². The molecule has 23 heavy (non-hydrogen) atoms. The fraction of sp³-hybridized carbons (Fsp3) is 0.471. The Morgan fingerprint density at radius 3 is 3.00 bits per heavy atom. The van der Waals surface area contributed by atoms with E-state index in [1.54, 1.807) is 11.8 Å². The monoisotopic (exact) mass is 315 g/mol. The van der Waals surface area contributed by atoms with Crippen molar-refractivity contribution in [2.75, 3.05) is 13.2 Å². The van der Waals surface area contributed by atoms with Gasteiger partial charge in [0, 0.05) is 19.9 Å². The highest BCUT2D eigenvalue weighted by Crippen LogP contribution is 2.30. The predicted molar refractivity (Wildman–Crippen MR) is 83.5 cm³/mol. The Morgan fingerprint density at radius 2 is 2.22 bits per heavy atom. The zero-order chi connectivity index (χ0) is 16.1. The molecule has 1 fully saturated rings. The minimum Gasteiger partial charge on any atom is -0.376 e. The van der Waals surface area contributed by atoms with Gasteiger partial charge >= 0.3 is 0 Å². The van der Waals surface area contributed by atoms with Gasteiger partial charge in [0.05, 0.1) is 13.2 Å². The first-order valence-corrected chi connectivity index (χ1v) is 7.95. The van der Waals surface area contributed by atoms with E-state index in [1.807, 2.05) is 30.3 Å². The summed E-state index contributed by atoms with van der Waals surface area (Å²) in [5.74, 6) is 1.22. The van der Waals surface area contributed by atoms with Gasteiger partial charge in [-0.25, -0.2) is 0 Å². The lowest BCUT2D eigenvalue weighted by Gasteiger charge is -2.19. The third-order valence-corrected chi connectivity index (χ3v) is 4.01. The Bertz CT molecular complexity index is 642. The summed E-state index contributed by atoms with van der Waals surface area (Å²) in [5.41, 5.74) is 1.14. The Balaban J connectivity index is 1.49. The van der Waals surface area contributed by atoms with Gasteiger partial charge in [-0.1, -0.05) is 35.5 Å². The van der Waals surface area contributed by atoms with Gasteiger partial charge in [-0.05, 0) is 18.4 Å². The first kappa shape index (κ1) is 15.7. The largest absolute Gasteiger partial charge is 0.376 e. The van der Waals surface area contributed by atoms with E-state index in [1.165, 1.54) is 0 Å². The van der Waals surface area contributed by atoms with Crippen LogP contribution in [-0.4, -0.2) is 34.1 Å². The Labute approximate surface area is 135 Å². The maximum atomic E-state index is 11.6. The normalized spacial score (nSPS) is 17.6. The van der Waals surface area contributed by atoms with E-state index in [9.17, 15) is 4.79 Å². The Hall–Kier alpha value is -2.21. The molecule has 0 spiro atoms. The second-order valence-electron chi connectivity index (χ2n) is 5.71. The molecule has 1 saturated heterocycles. The molecule has 0 radical (unpaired) electrons. The molecule has 0 bridgehead atoms. The average Bonchev–Trinajstić information content (AvgIpc) is 3.21. The lowest BCUT2D eigenvalue weighted by Crippen LogP contribution is -2.28. The summed E-state index contributed by atoms with van der Waals surface area (Å²) in [6, 6.07) is 9.96. The molecule has 1 amide bonds. The van der Waals surface area contributed by atoms with Gasteiger partial charge in [0.1, 0.15) is 6.04 Å². The summed E-state index contributed by atoms with van der Waals surface area (Å²) in [7, 11) is 0. The molecular formula is C17H21N3O3. The number of ether oxygens (including phenoxy) is 1. The molecule has 1 aromatic heterocycles. The summed E-state index contributed by atoms with van der Waals surface area (Å²) < 4.78 is 11.0. The van der Waals surface area contributed by atoms with E-state index in [4.69, 9.17) is 9.26 Å². The van der Waals surface area contributed by atoms with Crippen LogP contribution in [0.2, 0.25) is 0 Å². The minimum atomic E-state index is -0.0704. The molecule has 1 aromatic carbocycles. The number of hydrogen-bond donors (Lipinski definition) is 0. The van der Waals surface area contributed by atoms with Crippen LogP contribution in [-0.2, 0) is 22.6 Å². The molecule has 122 valence electrons. The van der Waals surface area contributed by atoms with E-state index in [0.29, 0.717) is 31.3 Å². The van der Waals surface area contributed by atoms with E-state index in [-0.39, 0.29) is 11.9 Å². The van der Waals surface area contributed by atoms with Crippen LogP contribution in [0.5, 0.6) is 0 Å². The zero-order valence-corrected chi connectivity index (χ0v) is 13.3. The van der Waals surface area contributed by atoms with Crippen molar-refractivity contribution in [3.05, 3.63) is 47.6 Å². The summed E-state index contributed by atoms with van der Waals surface area (Å²) in [4.78, 5) is 17.8. The lowest BCUT2D eigenvalue weighted by atomic mass is 10.2. The van der Waals surface area contributed by atoms with E-state index in [0.717, 1.165) is 24.9 Å². The quantitative estimate of drug-likeness (QED) is 0.766. The number of nitrogens with zero attached hydrogens (tertiary/aromatic N) is 3. The third kappa shape index (κ3) is 3.96. The van der Waals surface area contributed by atoms with E-state index < -0.39 is 0 Å². The number of benzene rings is 1. The molecule has 1 unspecified atom stereocenters. The van der Waals surface area contributed by atoms with Crippen molar-refractivity contribution < 1.29 is 14.1 Å². The van der Waals surface area contributed by atoms with Crippen LogP contribution in [0.25, 0.3) is 0 Å². The first-order chi connectivity index (χ1) is 11.2. The topological polar surface area (TPSA) is 68.5 Å². The smallest absolute Gasteiger partial charge is 0.249 e. The molecule has 0 saturated carbocycles. The summed E-state index contributed by atoms with van der Waals surface area (Å²) in [6.07, 6.45) is 2.46. The van der Waals surface area contributed by atoms with Gasteiger partial charge in [-0.3, -0.25) is 4.79 Å². The van der Waals surface area contributed by atoms with Gasteiger partial charge in [-0.15, -0.1) is 0 Å². The van der Waals surface area contributed by atoms with E-state index >= 15 is 0 Å². The standard InChI is InChI=1S/C17H21N3O3/c1-13(21)20-10-5-8-15(20)17-18-16(19-23-17)9-11-22-12-14-6-3-2-4-7-14/h2-4,6-7,15H,5,8-12H2,1H3. The molecule has 6 nitrogen and oxygen atoms in total. The van der Waals surface area contributed by atoms with Gasteiger partial charge in [0.15, 0.2) is 5.82 Å². The second kappa shape index (κ2) is 7.37. The van der Waals surface area contributed by atoms with Crippen LogP contribution in [0.1, 0.15) is 43.1 Å². The van der Waals surface area contributed by atoms with Crippen molar-refractivity contribution in [3.63, 3.8) is 0 Å². The van der Waals surface area contributed by atoms with Gasteiger partial charge in [0.25, 0.3) is 0 Å². The summed E-state index contributed by atoms with van der Waals surface area (Å²) in [5, 5.41) is 4.00. The van der Waals surface area contributed by atoms with Gasteiger partial charge in [-0.2, -0.15) is 4.98 Å². The van der Waals surface area contributed by atoms with Crippen LogP contribution in [0, 0.1) is 0 Å². The van der Waals surface area contributed by atoms with Crippen molar-refractivity contribution in [2.45, 2.75) is 38.8 Å². The Kier molecular flexibility index (Phi) is 5.02. The zero-order valence-electron chi connectivity index (χ0n) is 13.3. The molecule has 0 aliphatic carbocycles. The number of amides is 1. The van der Waals surface area contributed by atoms with Crippen LogP contribution >= 0.6 is 0 Å². The number of carbonyl (C=O) groups excluding carboxylic acids is 1. The SMILES string of the molecule is CC(=O)N1CCCC1c1nc(CCOCc2ccccc2)no1. The highest BCUT2D eigenvalue weighted by atomic mass is 16.5. The van der Waals surface area contributed by atoms with Crippen molar-refractivity contribution in [1.29, 1.82) is 0 Å². The lowest BCUT2D eigenvalue weighted by molar-refractivity contribution is -0.130. The molecule has 2 heterocycles. The van der Waals surface area contributed by atoms with Crippen molar-refractivity contribution >= 4 is 5.91 Å². The van der Waals surface area contributed by atoms with Crippen LogP contribution < -0.4 is 0 Å². The van der Waals surface area contributed by atoms with Crippen molar-refractivity contribution in [3.8, 4) is 0 Å². The fourth-order valence-electron chi connectivity index (χ4n) is 2.83. The maximum absolute atomic E-state index is 11.6. The Morgan fingerprint density at radius 1 is 1.39 bits per heavy atom.